The summed E-state index contributed by atoms with van der Waals surface area (Å²) in [7, 11) is 0. The summed E-state index contributed by atoms with van der Waals surface area (Å²) in [4.78, 5) is 10.1. The predicted octanol–water partition coefficient (Wildman–Crippen LogP) is 2.90. The highest BCUT2D eigenvalue weighted by atomic mass is 35.5. The van der Waals surface area contributed by atoms with Crippen molar-refractivity contribution in [2.75, 3.05) is 0 Å². The quantitative estimate of drug-likeness (QED) is 0.581. The van der Waals surface area contributed by atoms with E-state index >= 15 is 0 Å². The van der Waals surface area contributed by atoms with Crippen LogP contribution in [0, 0.1) is 10.1 Å². The van der Waals surface area contributed by atoms with Crippen LogP contribution >= 0.6 is 11.6 Å². The molecule has 0 spiro atoms. The minimum Gasteiger partial charge on any atom is -0.364 e. The van der Waals surface area contributed by atoms with E-state index in [1.165, 1.54) is 18.4 Å². The fourth-order valence-electron chi connectivity index (χ4n) is 1.17. The molecule has 0 atom stereocenters. The Morgan fingerprint density at radius 2 is 2.20 bits per heavy atom. The van der Waals surface area contributed by atoms with Crippen molar-refractivity contribution in [2.24, 2.45) is 0 Å². The van der Waals surface area contributed by atoms with Gasteiger partial charge in [-0.1, -0.05) is 22.8 Å². The summed E-state index contributed by atoms with van der Waals surface area (Å²) in [6.45, 7) is 0. The molecule has 0 aliphatic carbocycles. The Hall–Kier alpha value is -1.88. The van der Waals surface area contributed by atoms with Gasteiger partial charge in [0.1, 0.15) is 17.0 Å². The minimum atomic E-state index is -0.536. The first-order valence-corrected chi connectivity index (χ1v) is 4.41. The number of nitrogens with zero attached hydrogens (tertiary/aromatic N) is 2. The lowest BCUT2D eigenvalue weighted by Gasteiger charge is -1.97. The van der Waals surface area contributed by atoms with Crippen LogP contribution in [0.3, 0.4) is 0 Å². The van der Waals surface area contributed by atoms with Gasteiger partial charge in [-0.05, 0) is 6.07 Å². The van der Waals surface area contributed by atoms with Crippen LogP contribution in [0.15, 0.2) is 35.1 Å². The van der Waals surface area contributed by atoms with Crippen molar-refractivity contribution in [3.8, 4) is 11.3 Å². The SMILES string of the molecule is O=[N+]([O-])c1cc(-c2ccon2)ccc1Cl. The molecule has 6 heteroatoms. The van der Waals surface area contributed by atoms with Crippen LogP contribution in [0.25, 0.3) is 11.3 Å². The molecule has 0 unspecified atom stereocenters. The molecule has 5 nitrogen and oxygen atoms in total. The van der Waals surface area contributed by atoms with Crippen molar-refractivity contribution in [3.63, 3.8) is 0 Å². The Balaban J connectivity index is 2.52. The van der Waals surface area contributed by atoms with E-state index in [1.54, 1.807) is 12.1 Å². The zero-order valence-corrected chi connectivity index (χ0v) is 8.14. The van der Waals surface area contributed by atoms with Gasteiger partial charge in [0.15, 0.2) is 0 Å². The van der Waals surface area contributed by atoms with E-state index < -0.39 is 4.92 Å². The van der Waals surface area contributed by atoms with Crippen LogP contribution in [0.5, 0.6) is 0 Å². The summed E-state index contributed by atoms with van der Waals surface area (Å²) >= 11 is 5.67. The van der Waals surface area contributed by atoms with Crippen molar-refractivity contribution >= 4 is 17.3 Å². The van der Waals surface area contributed by atoms with E-state index in [1.807, 2.05) is 0 Å². The van der Waals surface area contributed by atoms with E-state index in [0.717, 1.165) is 0 Å². The zero-order valence-electron chi connectivity index (χ0n) is 7.38. The number of rotatable bonds is 2. The zero-order chi connectivity index (χ0) is 10.8. The molecule has 1 aromatic heterocycles. The monoisotopic (exact) mass is 224 g/mol. The van der Waals surface area contributed by atoms with Gasteiger partial charge >= 0.3 is 0 Å². The standard InChI is InChI=1S/C9H5ClN2O3/c10-7-2-1-6(5-9(7)12(13)14)8-3-4-15-11-8/h1-5H. The first-order valence-electron chi connectivity index (χ1n) is 4.03. The summed E-state index contributed by atoms with van der Waals surface area (Å²) in [5.41, 5.74) is 0.992. The van der Waals surface area contributed by atoms with Gasteiger partial charge in [0, 0.05) is 17.7 Å². The van der Waals surface area contributed by atoms with Crippen molar-refractivity contribution in [1.82, 2.24) is 5.16 Å². The summed E-state index contributed by atoms with van der Waals surface area (Å²) in [5.74, 6) is 0. The first-order chi connectivity index (χ1) is 7.18. The second-order valence-electron chi connectivity index (χ2n) is 2.81. The average molecular weight is 225 g/mol. The Bertz CT molecular complexity index is 496. The van der Waals surface area contributed by atoms with Crippen molar-refractivity contribution < 1.29 is 9.45 Å². The molecule has 0 aliphatic heterocycles. The second-order valence-corrected chi connectivity index (χ2v) is 3.22. The minimum absolute atomic E-state index is 0.104. The van der Waals surface area contributed by atoms with E-state index in [4.69, 9.17) is 11.6 Å². The van der Waals surface area contributed by atoms with Crippen LogP contribution in [-0.4, -0.2) is 10.1 Å². The third kappa shape index (κ3) is 1.82. The highest BCUT2D eigenvalue weighted by Crippen LogP contribution is 2.29. The van der Waals surface area contributed by atoms with Gasteiger partial charge in [-0.2, -0.15) is 0 Å². The Morgan fingerprint density at radius 3 is 2.80 bits per heavy atom. The van der Waals surface area contributed by atoms with Gasteiger partial charge in [-0.3, -0.25) is 10.1 Å². The number of benzene rings is 1. The lowest BCUT2D eigenvalue weighted by Crippen LogP contribution is -1.89. The van der Waals surface area contributed by atoms with Crippen LogP contribution in [0.2, 0.25) is 5.02 Å². The van der Waals surface area contributed by atoms with Crippen molar-refractivity contribution in [3.05, 3.63) is 45.7 Å². The summed E-state index contributed by atoms with van der Waals surface area (Å²) in [6, 6.07) is 6.09. The molecule has 0 aliphatic rings. The normalized spacial score (nSPS) is 10.2. The Kier molecular flexibility index (Phi) is 2.39. The predicted molar refractivity (Wildman–Crippen MR) is 53.6 cm³/mol. The molecule has 0 saturated heterocycles. The molecule has 1 heterocycles. The number of halogens is 1. The van der Waals surface area contributed by atoms with Gasteiger partial charge in [-0.25, -0.2) is 0 Å². The van der Waals surface area contributed by atoms with Gasteiger partial charge < -0.3 is 4.52 Å². The summed E-state index contributed by atoms with van der Waals surface area (Å²) in [6.07, 6.45) is 1.40. The van der Waals surface area contributed by atoms with Gasteiger partial charge in [0.2, 0.25) is 0 Å². The molecular weight excluding hydrogens is 220 g/mol. The molecule has 2 rings (SSSR count). The van der Waals surface area contributed by atoms with E-state index in [9.17, 15) is 10.1 Å². The van der Waals surface area contributed by atoms with Gasteiger partial charge in [0.05, 0.1) is 4.92 Å². The smallest absolute Gasteiger partial charge is 0.288 e. The number of hydrogen-bond donors (Lipinski definition) is 0. The molecule has 76 valence electrons. The molecule has 0 radical (unpaired) electrons. The van der Waals surface area contributed by atoms with Crippen molar-refractivity contribution in [1.29, 1.82) is 0 Å². The molecule has 0 N–H and O–H groups in total. The number of hydrogen-bond acceptors (Lipinski definition) is 4. The summed E-state index contributed by atoms with van der Waals surface area (Å²) in [5, 5.41) is 14.4. The molecule has 15 heavy (non-hydrogen) atoms. The highest BCUT2D eigenvalue weighted by molar-refractivity contribution is 6.32. The fraction of sp³-hybridized carbons (Fsp3) is 0. The maximum absolute atomic E-state index is 10.6. The lowest BCUT2D eigenvalue weighted by atomic mass is 10.1. The third-order valence-electron chi connectivity index (χ3n) is 1.88. The Morgan fingerprint density at radius 1 is 1.40 bits per heavy atom. The number of nitro groups is 1. The lowest BCUT2D eigenvalue weighted by molar-refractivity contribution is -0.384. The van der Waals surface area contributed by atoms with Crippen LogP contribution in [0.1, 0.15) is 0 Å². The Labute approximate surface area is 89.4 Å². The largest absolute Gasteiger partial charge is 0.364 e. The third-order valence-corrected chi connectivity index (χ3v) is 2.20. The highest BCUT2D eigenvalue weighted by Gasteiger charge is 2.14. The summed E-state index contributed by atoms with van der Waals surface area (Å²) < 4.78 is 4.65. The molecular formula is C9H5ClN2O3. The molecule has 2 aromatic rings. The number of aromatic nitrogens is 1. The van der Waals surface area contributed by atoms with Crippen molar-refractivity contribution in [2.45, 2.75) is 0 Å². The molecule has 1 aromatic carbocycles. The molecule has 0 bridgehead atoms. The van der Waals surface area contributed by atoms with Gasteiger partial charge in [0.25, 0.3) is 5.69 Å². The number of nitro benzene ring substituents is 1. The van der Waals surface area contributed by atoms with Crippen LogP contribution < -0.4 is 0 Å². The van der Waals surface area contributed by atoms with E-state index in [0.29, 0.717) is 11.3 Å². The van der Waals surface area contributed by atoms with E-state index in [-0.39, 0.29) is 10.7 Å². The maximum atomic E-state index is 10.6. The molecule has 0 saturated carbocycles. The average Bonchev–Trinajstić information content (AvgIpc) is 2.71. The van der Waals surface area contributed by atoms with Crippen LogP contribution in [-0.2, 0) is 0 Å². The first kappa shape index (κ1) is 9.67. The second kappa shape index (κ2) is 3.70. The fourth-order valence-corrected chi connectivity index (χ4v) is 1.36. The van der Waals surface area contributed by atoms with E-state index in [2.05, 4.69) is 9.68 Å². The molecule has 0 amide bonds. The maximum Gasteiger partial charge on any atom is 0.288 e. The topological polar surface area (TPSA) is 69.2 Å². The van der Waals surface area contributed by atoms with Crippen LogP contribution in [0.4, 0.5) is 5.69 Å². The molecule has 0 fully saturated rings. The van der Waals surface area contributed by atoms with Gasteiger partial charge in [-0.15, -0.1) is 0 Å².